The maximum absolute atomic E-state index is 15.8. The average molecular weight is 515 g/mol. The molecular formula is C29H28F2N6O. The predicted molar refractivity (Wildman–Crippen MR) is 141 cm³/mol. The molecule has 9 heteroatoms. The zero-order valence-electron chi connectivity index (χ0n) is 21.3. The van der Waals surface area contributed by atoms with E-state index >= 15 is 4.39 Å². The summed E-state index contributed by atoms with van der Waals surface area (Å²) in [6, 6.07) is 11.0. The molecule has 1 aliphatic carbocycles. The zero-order valence-corrected chi connectivity index (χ0v) is 21.3. The molecule has 0 radical (unpaired) electrons. The molecule has 6 rings (SSSR count). The van der Waals surface area contributed by atoms with Gasteiger partial charge < -0.3 is 4.90 Å². The van der Waals surface area contributed by atoms with Gasteiger partial charge in [-0.3, -0.25) is 14.0 Å². The van der Waals surface area contributed by atoms with Crippen molar-refractivity contribution in [1.29, 1.82) is 5.26 Å². The maximum Gasteiger partial charge on any atom is 0.296 e. The van der Waals surface area contributed by atoms with Crippen LogP contribution in [0.15, 0.2) is 47.4 Å². The second-order valence-electron chi connectivity index (χ2n) is 10.6. The largest absolute Gasteiger partial charge is 0.354 e. The van der Waals surface area contributed by atoms with Crippen LogP contribution < -0.4 is 10.5 Å². The third-order valence-corrected chi connectivity index (χ3v) is 8.26. The molecule has 0 bridgehead atoms. The van der Waals surface area contributed by atoms with E-state index in [1.807, 2.05) is 11.0 Å². The molecule has 0 unspecified atom stereocenters. The number of aryl methyl sites for hydroxylation is 1. The normalized spacial score (nSPS) is 17.2. The van der Waals surface area contributed by atoms with Crippen molar-refractivity contribution in [3.63, 3.8) is 0 Å². The second-order valence-corrected chi connectivity index (χ2v) is 10.6. The Morgan fingerprint density at radius 3 is 2.47 bits per heavy atom. The topological polar surface area (TPSA) is 79.7 Å². The lowest BCUT2D eigenvalue weighted by molar-refractivity contribution is 0.143. The molecular weight excluding hydrogens is 486 g/mol. The number of halogens is 2. The fourth-order valence-corrected chi connectivity index (χ4v) is 6.15. The third kappa shape index (κ3) is 4.14. The summed E-state index contributed by atoms with van der Waals surface area (Å²) in [5, 5.41) is 14.3. The van der Waals surface area contributed by atoms with E-state index < -0.39 is 17.2 Å². The van der Waals surface area contributed by atoms with Crippen LogP contribution in [-0.2, 0) is 7.05 Å². The van der Waals surface area contributed by atoms with Crippen molar-refractivity contribution in [3.05, 3.63) is 70.1 Å². The fraction of sp³-hybridized carbons (Fsp3) is 0.379. The Kier molecular flexibility index (Phi) is 5.98. The lowest BCUT2D eigenvalue weighted by Crippen LogP contribution is -2.43. The van der Waals surface area contributed by atoms with Crippen LogP contribution >= 0.6 is 0 Å². The highest BCUT2D eigenvalue weighted by Crippen LogP contribution is 2.45. The quantitative estimate of drug-likeness (QED) is 0.361. The number of fused-ring (bicyclic) bond motifs is 1. The Hall–Kier alpha value is -4.06. The Morgan fingerprint density at radius 1 is 1.00 bits per heavy atom. The number of hydrogen-bond acceptors (Lipinski definition) is 5. The predicted octanol–water partition coefficient (Wildman–Crippen LogP) is 5.49. The first-order valence-corrected chi connectivity index (χ1v) is 13.1. The highest BCUT2D eigenvalue weighted by atomic mass is 19.1. The number of nitriles is 1. The number of nitrogens with zero attached hydrogens (tertiary/aromatic N) is 6. The van der Waals surface area contributed by atoms with Crippen molar-refractivity contribution in [3.8, 4) is 23.1 Å². The highest BCUT2D eigenvalue weighted by molar-refractivity contribution is 5.81. The van der Waals surface area contributed by atoms with E-state index in [4.69, 9.17) is 0 Å². The van der Waals surface area contributed by atoms with E-state index in [9.17, 15) is 14.4 Å². The fourth-order valence-electron chi connectivity index (χ4n) is 6.15. The minimum absolute atomic E-state index is 0.000803. The first-order chi connectivity index (χ1) is 18.4. The Labute approximate surface area is 218 Å². The van der Waals surface area contributed by atoms with E-state index in [-0.39, 0.29) is 22.8 Å². The molecule has 4 aromatic rings. The van der Waals surface area contributed by atoms with Gasteiger partial charge in [0.2, 0.25) is 5.82 Å². The molecule has 1 saturated carbocycles. The lowest BCUT2D eigenvalue weighted by atomic mass is 9.68. The highest BCUT2D eigenvalue weighted by Gasteiger charge is 2.37. The summed E-state index contributed by atoms with van der Waals surface area (Å²) in [6.45, 7) is 1.24. The Balaban J connectivity index is 1.48. The van der Waals surface area contributed by atoms with E-state index in [1.54, 1.807) is 36.1 Å². The molecule has 38 heavy (non-hydrogen) atoms. The minimum Gasteiger partial charge on any atom is -0.354 e. The van der Waals surface area contributed by atoms with Gasteiger partial charge >= 0.3 is 0 Å². The van der Waals surface area contributed by atoms with E-state index in [2.05, 4.69) is 10.1 Å². The number of aromatic nitrogens is 4. The minimum atomic E-state index is -0.922. The first-order valence-electron chi connectivity index (χ1n) is 13.1. The summed E-state index contributed by atoms with van der Waals surface area (Å²) in [5.74, 6) is -1.53. The SMILES string of the molecule is Cn1cc2cc(-n3c(-c4ccc(C#N)c(F)c4)nc(N4CCC5(CCCCC5)CC4)c(F)c3=O)ccc2n1. The molecule has 7 nitrogen and oxygen atoms in total. The molecule has 2 fully saturated rings. The lowest BCUT2D eigenvalue weighted by Gasteiger charge is -2.44. The van der Waals surface area contributed by atoms with Crippen molar-refractivity contribution in [2.75, 3.05) is 18.0 Å². The van der Waals surface area contributed by atoms with Gasteiger partial charge in [0.15, 0.2) is 5.82 Å². The summed E-state index contributed by atoms with van der Waals surface area (Å²) in [7, 11) is 1.79. The van der Waals surface area contributed by atoms with Gasteiger partial charge in [0.25, 0.3) is 5.56 Å². The van der Waals surface area contributed by atoms with Gasteiger partial charge in [-0.1, -0.05) is 19.3 Å². The molecule has 0 N–H and O–H groups in total. The van der Waals surface area contributed by atoms with Crippen LogP contribution in [0.25, 0.3) is 28.0 Å². The van der Waals surface area contributed by atoms with Gasteiger partial charge in [0.1, 0.15) is 17.7 Å². The van der Waals surface area contributed by atoms with Crippen molar-refractivity contribution in [2.24, 2.45) is 12.5 Å². The standard InChI is InChI=1S/C29H28F2N6O/c1-35-18-21-15-22(7-8-24(21)34-35)37-26(19-5-6-20(17-32)23(30)16-19)33-27(25(31)28(37)38)36-13-11-29(12-14-36)9-3-2-4-10-29/h5-8,15-16,18H,2-4,9-14H2,1H3. The summed E-state index contributed by atoms with van der Waals surface area (Å²) < 4.78 is 33.3. The molecule has 0 amide bonds. The van der Waals surface area contributed by atoms with Crippen LogP contribution in [0.4, 0.5) is 14.6 Å². The van der Waals surface area contributed by atoms with E-state index in [0.29, 0.717) is 24.2 Å². The molecule has 3 heterocycles. The van der Waals surface area contributed by atoms with Gasteiger partial charge in [-0.2, -0.15) is 14.8 Å². The number of hydrogen-bond donors (Lipinski definition) is 0. The van der Waals surface area contributed by atoms with Gasteiger partial charge in [-0.25, -0.2) is 9.37 Å². The zero-order chi connectivity index (χ0) is 26.4. The smallest absolute Gasteiger partial charge is 0.296 e. The Bertz CT molecular complexity index is 1630. The van der Waals surface area contributed by atoms with Crippen LogP contribution in [0, 0.1) is 28.4 Å². The van der Waals surface area contributed by atoms with E-state index in [0.717, 1.165) is 23.7 Å². The van der Waals surface area contributed by atoms with Gasteiger partial charge in [0.05, 0.1) is 16.8 Å². The van der Waals surface area contributed by atoms with Gasteiger partial charge in [-0.05, 0) is 67.5 Å². The van der Waals surface area contributed by atoms with Crippen molar-refractivity contribution >= 4 is 16.7 Å². The summed E-state index contributed by atoms with van der Waals surface area (Å²) in [5.41, 5.74) is 0.745. The third-order valence-electron chi connectivity index (χ3n) is 8.26. The summed E-state index contributed by atoms with van der Waals surface area (Å²) in [4.78, 5) is 20.1. The first kappa shape index (κ1) is 24.3. The maximum atomic E-state index is 15.8. The Morgan fingerprint density at radius 2 is 1.76 bits per heavy atom. The van der Waals surface area contributed by atoms with Crippen LogP contribution in [-0.4, -0.2) is 32.4 Å². The van der Waals surface area contributed by atoms with Crippen LogP contribution in [0.1, 0.15) is 50.5 Å². The number of benzene rings is 2. The number of anilines is 1. The monoisotopic (exact) mass is 514 g/mol. The molecule has 2 aromatic heterocycles. The molecule has 1 aliphatic heterocycles. The molecule has 2 aromatic carbocycles. The van der Waals surface area contributed by atoms with Crippen molar-refractivity contribution in [1.82, 2.24) is 19.3 Å². The molecule has 194 valence electrons. The number of rotatable bonds is 3. The molecule has 1 spiro atoms. The molecule has 2 aliphatic rings. The van der Waals surface area contributed by atoms with E-state index in [1.165, 1.54) is 54.9 Å². The van der Waals surface area contributed by atoms with Crippen molar-refractivity contribution in [2.45, 2.75) is 44.9 Å². The second kappa shape index (κ2) is 9.35. The van der Waals surface area contributed by atoms with Gasteiger partial charge in [0, 0.05) is 37.3 Å². The summed E-state index contributed by atoms with van der Waals surface area (Å²) in [6.07, 6.45) is 9.82. The summed E-state index contributed by atoms with van der Waals surface area (Å²) >= 11 is 0. The van der Waals surface area contributed by atoms with Crippen LogP contribution in [0.5, 0.6) is 0 Å². The van der Waals surface area contributed by atoms with Crippen molar-refractivity contribution < 1.29 is 8.78 Å². The average Bonchev–Trinajstić information content (AvgIpc) is 3.30. The van der Waals surface area contributed by atoms with Crippen LogP contribution in [0.3, 0.4) is 0 Å². The van der Waals surface area contributed by atoms with Gasteiger partial charge in [-0.15, -0.1) is 0 Å². The molecule has 1 saturated heterocycles. The molecule has 0 atom stereocenters. The van der Waals surface area contributed by atoms with Crippen LogP contribution in [0.2, 0.25) is 0 Å². The number of piperidine rings is 1.